The summed E-state index contributed by atoms with van der Waals surface area (Å²) in [4.78, 5) is 22.8. The first-order valence-corrected chi connectivity index (χ1v) is 8.85. The van der Waals surface area contributed by atoms with Crippen molar-refractivity contribution < 1.29 is 9.53 Å². The van der Waals surface area contributed by atoms with Crippen molar-refractivity contribution in [2.24, 2.45) is 13.0 Å². The number of aromatic nitrogens is 4. The molecule has 2 aromatic rings. The first kappa shape index (κ1) is 17.4. The van der Waals surface area contributed by atoms with Crippen molar-refractivity contribution in [2.45, 2.75) is 46.3 Å². The Morgan fingerprint density at radius 2 is 2.12 bits per heavy atom. The van der Waals surface area contributed by atoms with Crippen LogP contribution in [0.3, 0.4) is 0 Å². The zero-order valence-corrected chi connectivity index (χ0v) is 15.1. The van der Waals surface area contributed by atoms with Crippen LogP contribution in [0.1, 0.15) is 43.6 Å². The first-order chi connectivity index (χ1) is 12.1. The molecule has 0 aliphatic carbocycles. The minimum Gasteiger partial charge on any atom is -0.470 e. The van der Waals surface area contributed by atoms with Crippen molar-refractivity contribution in [2.75, 3.05) is 6.54 Å². The fraction of sp³-hybridized carbons (Fsp3) is 0.556. The van der Waals surface area contributed by atoms with E-state index in [1.807, 2.05) is 16.6 Å². The van der Waals surface area contributed by atoms with E-state index in [2.05, 4.69) is 28.9 Å². The number of aryl methyl sites for hydroxylation is 1. The van der Waals surface area contributed by atoms with Gasteiger partial charge in [0.15, 0.2) is 0 Å². The Morgan fingerprint density at radius 3 is 2.80 bits per heavy atom. The molecule has 0 bridgehead atoms. The van der Waals surface area contributed by atoms with Crippen molar-refractivity contribution in [3.8, 4) is 5.88 Å². The number of carbonyl (C=O) groups excluding carboxylic acids is 1. The molecular weight excluding hydrogens is 318 g/mol. The molecule has 134 valence electrons. The maximum absolute atomic E-state index is 12.7. The number of amides is 1. The summed E-state index contributed by atoms with van der Waals surface area (Å²) in [5.41, 5.74) is 3.16. The van der Waals surface area contributed by atoms with Crippen LogP contribution in [0, 0.1) is 5.92 Å². The van der Waals surface area contributed by atoms with Crippen molar-refractivity contribution in [3.63, 3.8) is 0 Å². The standard InChI is InChI=1S/C18H25N5O2/c1-4-13(5-2)18(24)23-9-6-16-14(11-23)15(21-22(16)3)12-25-17-10-19-7-8-20-17/h7-8,10,13H,4-6,9,11-12H2,1-3H3. The molecule has 3 heterocycles. The van der Waals surface area contributed by atoms with E-state index in [1.54, 1.807) is 18.6 Å². The molecular formula is C18H25N5O2. The predicted octanol–water partition coefficient (Wildman–Crippen LogP) is 2.11. The van der Waals surface area contributed by atoms with Crippen LogP contribution < -0.4 is 4.74 Å². The van der Waals surface area contributed by atoms with E-state index in [1.165, 1.54) is 5.69 Å². The molecule has 3 rings (SSSR count). The van der Waals surface area contributed by atoms with Gasteiger partial charge in [-0.1, -0.05) is 13.8 Å². The van der Waals surface area contributed by atoms with E-state index in [-0.39, 0.29) is 11.8 Å². The van der Waals surface area contributed by atoms with Crippen LogP contribution in [0.25, 0.3) is 0 Å². The summed E-state index contributed by atoms with van der Waals surface area (Å²) >= 11 is 0. The molecule has 1 amide bonds. The molecule has 0 radical (unpaired) electrons. The first-order valence-electron chi connectivity index (χ1n) is 8.85. The van der Waals surface area contributed by atoms with Gasteiger partial charge in [0.1, 0.15) is 12.3 Å². The molecule has 0 aromatic carbocycles. The van der Waals surface area contributed by atoms with Crippen LogP contribution in [-0.2, 0) is 31.4 Å². The molecule has 7 heteroatoms. The molecule has 0 fully saturated rings. The van der Waals surface area contributed by atoms with Crippen LogP contribution in [0.15, 0.2) is 18.6 Å². The van der Waals surface area contributed by atoms with Crippen LogP contribution >= 0.6 is 0 Å². The topological polar surface area (TPSA) is 73.1 Å². The Kier molecular flexibility index (Phi) is 5.31. The Labute approximate surface area is 148 Å². The smallest absolute Gasteiger partial charge is 0.232 e. The number of fused-ring (bicyclic) bond motifs is 1. The lowest BCUT2D eigenvalue weighted by molar-refractivity contribution is -0.136. The third kappa shape index (κ3) is 3.65. The number of nitrogens with zero attached hydrogens (tertiary/aromatic N) is 5. The van der Waals surface area contributed by atoms with Crippen molar-refractivity contribution >= 4 is 5.91 Å². The summed E-state index contributed by atoms with van der Waals surface area (Å²) in [5.74, 6) is 0.834. The molecule has 0 saturated carbocycles. The summed E-state index contributed by atoms with van der Waals surface area (Å²) < 4.78 is 7.61. The lowest BCUT2D eigenvalue weighted by atomic mass is 9.98. The second kappa shape index (κ2) is 7.63. The highest BCUT2D eigenvalue weighted by Gasteiger charge is 2.29. The van der Waals surface area contributed by atoms with Gasteiger partial charge in [-0.2, -0.15) is 5.10 Å². The van der Waals surface area contributed by atoms with E-state index in [4.69, 9.17) is 4.74 Å². The maximum Gasteiger partial charge on any atom is 0.232 e. The van der Waals surface area contributed by atoms with E-state index in [9.17, 15) is 4.79 Å². The molecule has 1 aliphatic heterocycles. The lowest BCUT2D eigenvalue weighted by Gasteiger charge is -2.30. The van der Waals surface area contributed by atoms with Gasteiger partial charge in [0.25, 0.3) is 0 Å². The highest BCUT2D eigenvalue weighted by atomic mass is 16.5. The largest absolute Gasteiger partial charge is 0.470 e. The number of rotatable bonds is 6. The van der Waals surface area contributed by atoms with Gasteiger partial charge in [0.05, 0.1) is 6.20 Å². The zero-order valence-electron chi connectivity index (χ0n) is 15.1. The average molecular weight is 343 g/mol. The Morgan fingerprint density at radius 1 is 1.32 bits per heavy atom. The second-order valence-corrected chi connectivity index (χ2v) is 6.35. The van der Waals surface area contributed by atoms with Crippen molar-refractivity contribution in [1.29, 1.82) is 0 Å². The van der Waals surface area contributed by atoms with Gasteiger partial charge in [0, 0.05) is 56.1 Å². The zero-order chi connectivity index (χ0) is 17.8. The normalized spacial score (nSPS) is 13.8. The van der Waals surface area contributed by atoms with Gasteiger partial charge in [-0.05, 0) is 12.8 Å². The maximum atomic E-state index is 12.7. The van der Waals surface area contributed by atoms with E-state index >= 15 is 0 Å². The quantitative estimate of drug-likeness (QED) is 0.803. The Hall–Kier alpha value is -2.44. The van der Waals surface area contributed by atoms with Gasteiger partial charge in [-0.15, -0.1) is 0 Å². The average Bonchev–Trinajstić information content (AvgIpc) is 2.97. The van der Waals surface area contributed by atoms with Crippen molar-refractivity contribution in [3.05, 3.63) is 35.5 Å². The fourth-order valence-electron chi connectivity index (χ4n) is 3.37. The summed E-state index contributed by atoms with van der Waals surface area (Å²) in [6.07, 6.45) is 7.38. The van der Waals surface area contributed by atoms with Gasteiger partial charge in [-0.3, -0.25) is 14.5 Å². The molecule has 7 nitrogen and oxygen atoms in total. The summed E-state index contributed by atoms with van der Waals surface area (Å²) in [7, 11) is 1.95. The Balaban J connectivity index is 1.75. The number of carbonyl (C=O) groups is 1. The minimum absolute atomic E-state index is 0.109. The fourth-order valence-corrected chi connectivity index (χ4v) is 3.37. The van der Waals surface area contributed by atoms with Gasteiger partial charge >= 0.3 is 0 Å². The van der Waals surface area contributed by atoms with E-state index < -0.39 is 0 Å². The number of hydrogen-bond acceptors (Lipinski definition) is 5. The minimum atomic E-state index is 0.109. The van der Waals surface area contributed by atoms with E-state index in [0.717, 1.165) is 37.1 Å². The van der Waals surface area contributed by atoms with Gasteiger partial charge in [0.2, 0.25) is 11.8 Å². The molecule has 0 spiro atoms. The molecule has 25 heavy (non-hydrogen) atoms. The predicted molar refractivity (Wildman–Crippen MR) is 92.8 cm³/mol. The molecule has 1 aliphatic rings. The molecule has 0 N–H and O–H groups in total. The molecule has 2 aromatic heterocycles. The molecule has 0 unspecified atom stereocenters. The SMILES string of the molecule is CCC(CC)C(=O)N1CCc2c(c(COc3cnccn3)nn2C)C1. The summed E-state index contributed by atoms with van der Waals surface area (Å²) in [6.45, 7) is 5.84. The Bertz CT molecular complexity index is 725. The summed E-state index contributed by atoms with van der Waals surface area (Å²) in [5, 5.41) is 4.59. The monoisotopic (exact) mass is 343 g/mol. The third-order valence-electron chi connectivity index (χ3n) is 4.87. The number of hydrogen-bond donors (Lipinski definition) is 0. The molecule has 0 saturated heterocycles. The van der Waals surface area contributed by atoms with Crippen molar-refractivity contribution in [1.82, 2.24) is 24.6 Å². The lowest BCUT2D eigenvalue weighted by Crippen LogP contribution is -2.40. The highest BCUT2D eigenvalue weighted by Crippen LogP contribution is 2.25. The summed E-state index contributed by atoms with van der Waals surface area (Å²) in [6, 6.07) is 0. The third-order valence-corrected chi connectivity index (χ3v) is 4.87. The number of ether oxygens (including phenoxy) is 1. The van der Waals surface area contributed by atoms with Gasteiger partial charge in [-0.25, -0.2) is 4.98 Å². The molecule has 0 atom stereocenters. The van der Waals surface area contributed by atoms with Gasteiger partial charge < -0.3 is 9.64 Å². The van der Waals surface area contributed by atoms with Crippen LogP contribution in [0.4, 0.5) is 0 Å². The van der Waals surface area contributed by atoms with E-state index in [0.29, 0.717) is 19.0 Å². The van der Waals surface area contributed by atoms with Crippen LogP contribution in [0.5, 0.6) is 5.88 Å². The van der Waals surface area contributed by atoms with Crippen LogP contribution in [0.2, 0.25) is 0 Å². The second-order valence-electron chi connectivity index (χ2n) is 6.35. The van der Waals surface area contributed by atoms with Crippen LogP contribution in [-0.4, -0.2) is 37.1 Å². The highest BCUT2D eigenvalue weighted by molar-refractivity contribution is 5.79.